The first-order valence-electron chi connectivity index (χ1n) is 6.01. The van der Waals surface area contributed by atoms with E-state index in [4.69, 9.17) is 5.11 Å². The zero-order valence-electron chi connectivity index (χ0n) is 11.7. The molecular weight excluding hydrogens is 276 g/mol. The standard InChI is InChI=1S/C12H13N3O2S.CH5N/c1-7-3-4-9(12-14-8(2)15-18-12)5-10(7)13-6-11(16)17;1-2/h3-5,13H,6H2,1-2H3,(H,16,17);2H2,1H3. The van der Waals surface area contributed by atoms with Gasteiger partial charge in [-0.25, -0.2) is 4.98 Å². The number of hydrogen-bond acceptors (Lipinski definition) is 6. The van der Waals surface area contributed by atoms with Crippen LogP contribution in [-0.4, -0.2) is 34.0 Å². The molecule has 0 spiro atoms. The molecule has 0 radical (unpaired) electrons. The van der Waals surface area contributed by atoms with E-state index >= 15 is 0 Å². The van der Waals surface area contributed by atoms with Gasteiger partial charge in [-0.15, -0.1) is 0 Å². The monoisotopic (exact) mass is 294 g/mol. The summed E-state index contributed by atoms with van der Waals surface area (Å²) in [4.78, 5) is 14.9. The molecule has 0 aliphatic heterocycles. The highest BCUT2D eigenvalue weighted by molar-refractivity contribution is 7.09. The number of carboxylic acids is 1. The molecule has 1 aromatic carbocycles. The van der Waals surface area contributed by atoms with E-state index in [1.165, 1.54) is 18.6 Å². The lowest BCUT2D eigenvalue weighted by atomic mass is 10.1. The van der Waals surface area contributed by atoms with Crippen molar-refractivity contribution in [2.24, 2.45) is 5.73 Å². The molecule has 0 saturated heterocycles. The number of nitrogens with zero attached hydrogens (tertiary/aromatic N) is 2. The van der Waals surface area contributed by atoms with Crippen LogP contribution in [0.25, 0.3) is 10.6 Å². The molecule has 6 nitrogen and oxygen atoms in total. The van der Waals surface area contributed by atoms with Gasteiger partial charge in [-0.1, -0.05) is 12.1 Å². The molecule has 2 rings (SSSR count). The molecule has 108 valence electrons. The molecular formula is C13H18N4O2S. The van der Waals surface area contributed by atoms with E-state index in [2.05, 4.69) is 20.4 Å². The van der Waals surface area contributed by atoms with Crippen LogP contribution >= 0.6 is 11.5 Å². The summed E-state index contributed by atoms with van der Waals surface area (Å²) in [5.41, 5.74) is 7.25. The Morgan fingerprint density at radius 1 is 1.40 bits per heavy atom. The molecule has 1 heterocycles. The van der Waals surface area contributed by atoms with Crippen molar-refractivity contribution in [2.75, 3.05) is 18.9 Å². The Balaban J connectivity index is 0.000000956. The molecule has 2 aromatic rings. The Morgan fingerprint density at radius 2 is 2.10 bits per heavy atom. The second-order valence-corrected chi connectivity index (χ2v) is 4.68. The fraction of sp³-hybridized carbons (Fsp3) is 0.308. The number of rotatable bonds is 4. The molecule has 0 aliphatic rings. The molecule has 0 amide bonds. The molecule has 7 heteroatoms. The minimum Gasteiger partial charge on any atom is -0.480 e. The zero-order chi connectivity index (χ0) is 15.1. The molecule has 0 saturated carbocycles. The van der Waals surface area contributed by atoms with Gasteiger partial charge in [0, 0.05) is 11.3 Å². The maximum absolute atomic E-state index is 10.6. The van der Waals surface area contributed by atoms with Crippen LogP contribution in [-0.2, 0) is 4.79 Å². The van der Waals surface area contributed by atoms with Crippen LogP contribution in [0, 0.1) is 13.8 Å². The average molecular weight is 294 g/mol. The van der Waals surface area contributed by atoms with Crippen LogP contribution < -0.4 is 11.1 Å². The molecule has 0 atom stereocenters. The van der Waals surface area contributed by atoms with Crippen molar-refractivity contribution in [3.63, 3.8) is 0 Å². The predicted octanol–water partition coefficient (Wildman–Crippen LogP) is 1.89. The van der Waals surface area contributed by atoms with Crippen LogP contribution in [0.3, 0.4) is 0 Å². The van der Waals surface area contributed by atoms with Crippen molar-refractivity contribution < 1.29 is 9.90 Å². The van der Waals surface area contributed by atoms with Crippen molar-refractivity contribution in [3.05, 3.63) is 29.6 Å². The highest BCUT2D eigenvalue weighted by atomic mass is 32.1. The first kappa shape index (κ1) is 16.1. The van der Waals surface area contributed by atoms with Gasteiger partial charge >= 0.3 is 5.97 Å². The first-order valence-corrected chi connectivity index (χ1v) is 6.78. The molecule has 20 heavy (non-hydrogen) atoms. The number of anilines is 1. The van der Waals surface area contributed by atoms with E-state index in [1.54, 1.807) is 0 Å². The van der Waals surface area contributed by atoms with Crippen LogP contribution in [0.4, 0.5) is 5.69 Å². The predicted molar refractivity (Wildman–Crippen MR) is 81.1 cm³/mol. The molecule has 4 N–H and O–H groups in total. The normalized spacial score (nSPS) is 9.60. The summed E-state index contributed by atoms with van der Waals surface area (Å²) in [5.74, 6) is -0.137. The highest BCUT2D eigenvalue weighted by Crippen LogP contribution is 2.26. The fourth-order valence-electron chi connectivity index (χ4n) is 1.53. The van der Waals surface area contributed by atoms with E-state index in [9.17, 15) is 4.79 Å². The van der Waals surface area contributed by atoms with Crippen molar-refractivity contribution in [3.8, 4) is 10.6 Å². The summed E-state index contributed by atoms with van der Waals surface area (Å²) in [7, 11) is 1.50. The van der Waals surface area contributed by atoms with Crippen molar-refractivity contribution in [1.82, 2.24) is 9.36 Å². The molecule has 0 bridgehead atoms. The fourth-order valence-corrected chi connectivity index (χ4v) is 2.20. The summed E-state index contributed by atoms with van der Waals surface area (Å²) in [5, 5.41) is 12.4. The number of nitrogens with one attached hydrogen (secondary N) is 1. The third-order valence-electron chi connectivity index (χ3n) is 2.44. The number of aliphatic carboxylic acids is 1. The van der Waals surface area contributed by atoms with Crippen LogP contribution in [0.15, 0.2) is 18.2 Å². The Labute approximate surface area is 121 Å². The number of aromatic nitrogens is 2. The van der Waals surface area contributed by atoms with Gasteiger partial charge < -0.3 is 16.2 Å². The number of aryl methyl sites for hydroxylation is 2. The summed E-state index contributed by atoms with van der Waals surface area (Å²) >= 11 is 1.34. The second kappa shape index (κ2) is 7.56. The quantitative estimate of drug-likeness (QED) is 0.796. The number of benzene rings is 1. The summed E-state index contributed by atoms with van der Waals surface area (Å²) in [6.07, 6.45) is 0. The lowest BCUT2D eigenvalue weighted by Gasteiger charge is -2.08. The first-order chi connectivity index (χ1) is 9.56. The Hall–Kier alpha value is -1.99. The number of carbonyl (C=O) groups is 1. The van der Waals surface area contributed by atoms with E-state index in [-0.39, 0.29) is 6.54 Å². The highest BCUT2D eigenvalue weighted by Gasteiger charge is 2.07. The van der Waals surface area contributed by atoms with Crippen molar-refractivity contribution >= 4 is 23.2 Å². The Bertz CT molecular complexity index is 584. The molecule has 0 unspecified atom stereocenters. The number of carboxylic acid groups (broad SMARTS) is 1. The van der Waals surface area contributed by atoms with Crippen LogP contribution in [0.1, 0.15) is 11.4 Å². The largest absolute Gasteiger partial charge is 0.480 e. The molecule has 1 aromatic heterocycles. The summed E-state index contributed by atoms with van der Waals surface area (Å²) in [6.45, 7) is 3.68. The maximum Gasteiger partial charge on any atom is 0.322 e. The van der Waals surface area contributed by atoms with Crippen molar-refractivity contribution in [1.29, 1.82) is 0 Å². The number of hydrogen-bond donors (Lipinski definition) is 3. The van der Waals surface area contributed by atoms with Crippen LogP contribution in [0.5, 0.6) is 0 Å². The van der Waals surface area contributed by atoms with Gasteiger partial charge in [-0.2, -0.15) is 4.37 Å². The van der Waals surface area contributed by atoms with Crippen molar-refractivity contribution in [2.45, 2.75) is 13.8 Å². The van der Waals surface area contributed by atoms with E-state index in [1.807, 2.05) is 32.0 Å². The van der Waals surface area contributed by atoms with Gasteiger partial charge in [-0.05, 0) is 44.1 Å². The third-order valence-corrected chi connectivity index (χ3v) is 3.30. The lowest BCUT2D eigenvalue weighted by Crippen LogP contribution is -2.13. The lowest BCUT2D eigenvalue weighted by molar-refractivity contribution is -0.134. The van der Waals surface area contributed by atoms with Gasteiger partial charge in [0.15, 0.2) is 0 Å². The third kappa shape index (κ3) is 4.29. The Morgan fingerprint density at radius 3 is 2.65 bits per heavy atom. The van der Waals surface area contributed by atoms with Gasteiger partial charge in [0.05, 0.1) is 0 Å². The second-order valence-electron chi connectivity index (χ2n) is 3.92. The summed E-state index contributed by atoms with van der Waals surface area (Å²) in [6, 6.07) is 5.80. The molecule has 0 fully saturated rings. The smallest absolute Gasteiger partial charge is 0.322 e. The SMILES string of the molecule is CN.Cc1nsc(-c2ccc(C)c(NCC(=O)O)c2)n1. The van der Waals surface area contributed by atoms with E-state index < -0.39 is 5.97 Å². The number of nitrogens with two attached hydrogens (primary N) is 1. The van der Waals surface area contributed by atoms with Crippen LogP contribution in [0.2, 0.25) is 0 Å². The van der Waals surface area contributed by atoms with Gasteiger partial charge in [-0.3, -0.25) is 4.79 Å². The molecule has 0 aliphatic carbocycles. The maximum atomic E-state index is 10.6. The van der Waals surface area contributed by atoms with Gasteiger partial charge in [0.1, 0.15) is 17.4 Å². The van der Waals surface area contributed by atoms with Gasteiger partial charge in [0.25, 0.3) is 0 Å². The minimum absolute atomic E-state index is 0.0978. The zero-order valence-corrected chi connectivity index (χ0v) is 12.5. The average Bonchev–Trinajstić information content (AvgIpc) is 2.86. The van der Waals surface area contributed by atoms with E-state index in [0.29, 0.717) is 0 Å². The topological polar surface area (TPSA) is 101 Å². The van der Waals surface area contributed by atoms with Gasteiger partial charge in [0.2, 0.25) is 0 Å². The Kier molecular flexibility index (Phi) is 6.08. The minimum atomic E-state index is -0.883. The van der Waals surface area contributed by atoms with E-state index in [0.717, 1.165) is 27.6 Å². The summed E-state index contributed by atoms with van der Waals surface area (Å²) < 4.78 is 4.14.